The van der Waals surface area contributed by atoms with Crippen LogP contribution in [0.15, 0.2) is 67.5 Å². The number of aromatic nitrogens is 2. The van der Waals surface area contributed by atoms with E-state index in [9.17, 15) is 18.0 Å². The molecule has 0 aliphatic carbocycles. The molecule has 0 spiro atoms. The quantitative estimate of drug-likeness (QED) is 0.152. The number of alkyl halides is 3. The monoisotopic (exact) mass is 520 g/mol. The first-order valence-corrected chi connectivity index (χ1v) is 12.0. The summed E-state index contributed by atoms with van der Waals surface area (Å²) in [6.07, 6.45) is 3.30. The predicted octanol–water partition coefficient (Wildman–Crippen LogP) is 5.91. The Labute approximate surface area is 220 Å². The molecule has 3 rings (SSSR count). The van der Waals surface area contributed by atoms with Gasteiger partial charge in [0.15, 0.2) is 5.82 Å². The van der Waals surface area contributed by atoms with E-state index >= 15 is 0 Å². The third-order valence-electron chi connectivity index (χ3n) is 5.38. The Kier molecular flexibility index (Phi) is 10.2. The molecular weight excluding hydrogens is 493 g/mol. The Bertz CT molecular complexity index is 1370. The van der Waals surface area contributed by atoms with Gasteiger partial charge in [0.05, 0.1) is 18.8 Å². The summed E-state index contributed by atoms with van der Waals surface area (Å²) in [7, 11) is 1.72. The van der Waals surface area contributed by atoms with Crippen LogP contribution in [-0.2, 0) is 22.8 Å². The van der Waals surface area contributed by atoms with Crippen LogP contribution < -0.4 is 4.74 Å². The first-order chi connectivity index (χ1) is 18.3. The number of carbonyl (C=O) groups excluding carboxylic acids is 1. The molecular formula is C30H27F3N2O3. The molecule has 0 aliphatic rings. The highest BCUT2D eigenvalue weighted by Gasteiger charge is 2.33. The van der Waals surface area contributed by atoms with Crippen LogP contribution in [-0.4, -0.2) is 28.7 Å². The van der Waals surface area contributed by atoms with Crippen molar-refractivity contribution in [2.24, 2.45) is 7.05 Å². The largest absolute Gasteiger partial charge is 0.494 e. The smallest absolute Gasteiger partial charge is 0.417 e. The van der Waals surface area contributed by atoms with Gasteiger partial charge in [-0.3, -0.25) is 0 Å². The van der Waals surface area contributed by atoms with Gasteiger partial charge >= 0.3 is 12.1 Å². The predicted molar refractivity (Wildman–Crippen MR) is 138 cm³/mol. The molecule has 0 atom stereocenters. The number of aryl methyl sites for hydroxylation is 1. The fraction of sp³-hybridized carbons (Fsp3) is 0.267. The number of halogens is 3. The Morgan fingerprint density at radius 3 is 2.32 bits per heavy atom. The third-order valence-corrected chi connectivity index (χ3v) is 5.38. The summed E-state index contributed by atoms with van der Waals surface area (Å²) in [5, 5.41) is 0. The van der Waals surface area contributed by atoms with Crippen molar-refractivity contribution < 1.29 is 27.4 Å². The van der Waals surface area contributed by atoms with Gasteiger partial charge in [0.25, 0.3) is 0 Å². The summed E-state index contributed by atoms with van der Waals surface area (Å²) in [4.78, 5) is 15.0. The first-order valence-electron chi connectivity index (χ1n) is 12.0. The Balaban J connectivity index is 1.55. The van der Waals surface area contributed by atoms with Gasteiger partial charge in [0.2, 0.25) is 0 Å². The third kappa shape index (κ3) is 8.90. The minimum Gasteiger partial charge on any atom is -0.494 e. The van der Waals surface area contributed by atoms with Crippen LogP contribution >= 0.6 is 0 Å². The van der Waals surface area contributed by atoms with E-state index in [2.05, 4.69) is 35.2 Å². The molecule has 0 bridgehead atoms. The van der Waals surface area contributed by atoms with Crippen LogP contribution in [0, 0.1) is 23.7 Å². The van der Waals surface area contributed by atoms with Crippen molar-refractivity contribution in [2.75, 3.05) is 13.2 Å². The van der Waals surface area contributed by atoms with Crippen molar-refractivity contribution in [2.45, 2.75) is 31.9 Å². The molecule has 0 saturated carbocycles. The van der Waals surface area contributed by atoms with Crippen LogP contribution in [0.5, 0.6) is 5.75 Å². The molecule has 0 radical (unpaired) electrons. The zero-order valence-electron chi connectivity index (χ0n) is 21.0. The number of unbranched alkanes of at least 4 members (excludes halogenated alkanes) is 3. The average Bonchev–Trinajstić information content (AvgIpc) is 3.32. The molecule has 0 saturated heterocycles. The fourth-order valence-electron chi connectivity index (χ4n) is 3.33. The highest BCUT2D eigenvalue weighted by molar-refractivity contribution is 5.81. The van der Waals surface area contributed by atoms with Gasteiger partial charge in [-0.15, -0.1) is 0 Å². The minimum absolute atomic E-state index is 0.135. The van der Waals surface area contributed by atoms with Crippen molar-refractivity contribution in [3.63, 3.8) is 0 Å². The minimum atomic E-state index is -4.57. The molecule has 1 aromatic heterocycles. The molecule has 0 fully saturated rings. The number of carbonyl (C=O) groups is 1. The average molecular weight is 521 g/mol. The summed E-state index contributed by atoms with van der Waals surface area (Å²) in [6, 6.07) is 10.9. The summed E-state index contributed by atoms with van der Waals surface area (Å²) in [6.45, 7) is 4.28. The number of imidazole rings is 1. The lowest BCUT2D eigenvalue weighted by atomic mass is 10.0. The summed E-state index contributed by atoms with van der Waals surface area (Å²) >= 11 is 0. The van der Waals surface area contributed by atoms with Gasteiger partial charge in [0.1, 0.15) is 5.75 Å². The van der Waals surface area contributed by atoms with Crippen molar-refractivity contribution in [1.82, 2.24) is 9.55 Å². The van der Waals surface area contributed by atoms with Crippen molar-refractivity contribution in [3.05, 3.63) is 95.6 Å². The van der Waals surface area contributed by atoms with Crippen molar-refractivity contribution >= 4 is 5.97 Å². The summed E-state index contributed by atoms with van der Waals surface area (Å²) < 4.78 is 53.2. The zero-order chi connectivity index (χ0) is 27.4. The molecule has 38 heavy (non-hydrogen) atoms. The number of hydrogen-bond acceptors (Lipinski definition) is 4. The molecule has 3 aromatic rings. The Morgan fingerprint density at radius 2 is 1.66 bits per heavy atom. The van der Waals surface area contributed by atoms with E-state index in [1.54, 1.807) is 42.1 Å². The van der Waals surface area contributed by atoms with E-state index in [1.165, 1.54) is 18.3 Å². The van der Waals surface area contributed by atoms with E-state index in [4.69, 9.17) is 9.47 Å². The van der Waals surface area contributed by atoms with Gasteiger partial charge in [-0.05, 0) is 74.1 Å². The van der Waals surface area contributed by atoms with Gasteiger partial charge in [0, 0.05) is 42.2 Å². The number of ether oxygens (including phenoxy) is 2. The zero-order valence-corrected chi connectivity index (χ0v) is 21.0. The van der Waals surface area contributed by atoms with Crippen LogP contribution in [0.3, 0.4) is 0 Å². The van der Waals surface area contributed by atoms with Crippen LogP contribution in [0.4, 0.5) is 13.2 Å². The lowest BCUT2D eigenvalue weighted by Crippen LogP contribution is -2.08. The van der Waals surface area contributed by atoms with Gasteiger partial charge in [-0.25, -0.2) is 9.78 Å². The van der Waals surface area contributed by atoms with Crippen LogP contribution in [0.2, 0.25) is 0 Å². The topological polar surface area (TPSA) is 53.4 Å². The van der Waals surface area contributed by atoms with Crippen LogP contribution in [0.25, 0.3) is 0 Å². The number of benzene rings is 2. The van der Waals surface area contributed by atoms with E-state index in [0.717, 1.165) is 37.8 Å². The van der Waals surface area contributed by atoms with Crippen molar-refractivity contribution in [1.29, 1.82) is 0 Å². The molecule has 5 nitrogen and oxygen atoms in total. The van der Waals surface area contributed by atoms with Gasteiger partial charge in [-0.1, -0.05) is 24.3 Å². The first kappa shape index (κ1) is 28.1. The summed E-state index contributed by atoms with van der Waals surface area (Å²) in [5.41, 5.74) is -0.0886. The number of rotatable bonds is 9. The molecule has 0 amide bonds. The second-order valence-electron chi connectivity index (χ2n) is 8.28. The lowest BCUT2D eigenvalue weighted by molar-refractivity contribution is -0.138. The highest BCUT2D eigenvalue weighted by atomic mass is 19.4. The normalized spacial score (nSPS) is 10.5. The second-order valence-corrected chi connectivity index (χ2v) is 8.28. The molecule has 0 N–H and O–H groups in total. The molecule has 8 heteroatoms. The van der Waals surface area contributed by atoms with Crippen LogP contribution in [0.1, 0.15) is 53.8 Å². The Hall–Kier alpha value is -4.43. The van der Waals surface area contributed by atoms with E-state index < -0.39 is 17.7 Å². The number of esters is 1. The highest BCUT2D eigenvalue weighted by Crippen LogP contribution is 2.32. The van der Waals surface area contributed by atoms with Gasteiger partial charge < -0.3 is 14.0 Å². The van der Waals surface area contributed by atoms with E-state index in [-0.39, 0.29) is 11.1 Å². The second kappa shape index (κ2) is 13.8. The van der Waals surface area contributed by atoms with Crippen molar-refractivity contribution in [3.8, 4) is 29.4 Å². The number of hydrogen-bond donors (Lipinski definition) is 0. The molecule has 2 aromatic carbocycles. The number of nitrogens with zero attached hydrogens (tertiary/aromatic N) is 2. The molecule has 196 valence electrons. The standard InChI is InChI=1S/C30H27F3N2O3/c1-3-29(36)38-21-7-5-4-6-20-37-26-15-11-23(12-16-26)8-9-24-10-13-25(27(22-24)30(31,32)33)14-17-28-34-18-19-35(28)2/h3,10-13,15-16,18-19,22H,1,4-7,20-21H2,2H3. The maximum atomic E-state index is 13.7. The molecule has 0 unspecified atom stereocenters. The lowest BCUT2D eigenvalue weighted by Gasteiger charge is -2.09. The maximum absolute atomic E-state index is 13.7. The Morgan fingerprint density at radius 1 is 0.974 bits per heavy atom. The molecule has 1 heterocycles. The SMILES string of the molecule is C=CC(=O)OCCCCCCOc1ccc(C#Cc2ccc(C#Cc3nccn3C)c(C(F)(F)F)c2)cc1. The molecule has 0 aliphatic heterocycles. The van der Waals surface area contributed by atoms with E-state index in [0.29, 0.717) is 30.4 Å². The van der Waals surface area contributed by atoms with E-state index in [1.807, 2.05) is 0 Å². The maximum Gasteiger partial charge on any atom is 0.417 e. The summed E-state index contributed by atoms with van der Waals surface area (Å²) in [5.74, 6) is 11.6. The fourth-order valence-corrected chi connectivity index (χ4v) is 3.33. The van der Waals surface area contributed by atoms with Gasteiger partial charge in [-0.2, -0.15) is 13.2 Å².